The molecular formula is C25H24N4O4. The van der Waals surface area contributed by atoms with Gasteiger partial charge in [0.25, 0.3) is 11.5 Å². The van der Waals surface area contributed by atoms with Crippen LogP contribution in [0.5, 0.6) is 17.4 Å². The number of rotatable bonds is 7. The summed E-state index contributed by atoms with van der Waals surface area (Å²) in [6.45, 7) is 4.38. The quantitative estimate of drug-likeness (QED) is 0.451. The van der Waals surface area contributed by atoms with Crippen molar-refractivity contribution in [2.45, 2.75) is 20.4 Å². The number of pyridine rings is 1. The second kappa shape index (κ2) is 9.52. The third kappa shape index (κ3) is 4.85. The van der Waals surface area contributed by atoms with Crippen LogP contribution < -0.4 is 20.3 Å². The fourth-order valence-corrected chi connectivity index (χ4v) is 3.38. The molecule has 0 aliphatic rings. The Bertz CT molecular complexity index is 1350. The molecule has 0 spiro atoms. The number of nitrogens with one attached hydrogen (secondary N) is 1. The minimum Gasteiger partial charge on any atom is -0.497 e. The number of carbonyl (C=O) groups excluding carboxylic acids is 1. The van der Waals surface area contributed by atoms with Crippen LogP contribution in [0.3, 0.4) is 0 Å². The monoisotopic (exact) mass is 444 g/mol. The summed E-state index contributed by atoms with van der Waals surface area (Å²) in [5.41, 5.74) is 0.316. The Morgan fingerprint density at radius 3 is 2.39 bits per heavy atom. The Morgan fingerprint density at radius 1 is 1.00 bits per heavy atom. The molecule has 8 heteroatoms. The van der Waals surface area contributed by atoms with Crippen LogP contribution in [0, 0.1) is 5.92 Å². The average Bonchev–Trinajstić information content (AvgIpc) is 2.82. The van der Waals surface area contributed by atoms with Crippen LogP contribution in [0.25, 0.3) is 10.8 Å². The summed E-state index contributed by atoms with van der Waals surface area (Å²) in [4.78, 5) is 30.4. The van der Waals surface area contributed by atoms with E-state index in [2.05, 4.69) is 15.4 Å². The summed E-state index contributed by atoms with van der Waals surface area (Å²) < 4.78 is 12.4. The van der Waals surface area contributed by atoms with Gasteiger partial charge in [-0.05, 0) is 48.4 Å². The average molecular weight is 444 g/mol. The molecule has 2 heterocycles. The minimum absolute atomic E-state index is 0.158. The first-order chi connectivity index (χ1) is 16.0. The number of aromatic nitrogens is 3. The van der Waals surface area contributed by atoms with Crippen LogP contribution in [-0.4, -0.2) is 27.8 Å². The molecule has 2 aromatic carbocycles. The maximum atomic E-state index is 13.3. The Hall–Kier alpha value is -4.20. The number of fused-ring (bicyclic) bond motifs is 1. The highest BCUT2D eigenvalue weighted by atomic mass is 16.5. The molecular weight excluding hydrogens is 420 g/mol. The largest absolute Gasteiger partial charge is 0.497 e. The van der Waals surface area contributed by atoms with Gasteiger partial charge in [0, 0.05) is 18.1 Å². The standard InChI is InChI=1S/C25H24N4O4/c1-16(2)15-29-25(31)20-8-5-4-7-19(20)22(28-29)23(30)27-21-9-6-14-26-24(21)33-18-12-10-17(32-3)11-13-18/h4-14,16H,15H2,1-3H3,(H,27,30). The molecule has 4 aromatic rings. The van der Waals surface area contributed by atoms with E-state index in [1.807, 2.05) is 13.8 Å². The predicted molar refractivity (Wildman–Crippen MR) is 126 cm³/mol. The lowest BCUT2D eigenvalue weighted by Gasteiger charge is -2.14. The van der Waals surface area contributed by atoms with E-state index >= 15 is 0 Å². The van der Waals surface area contributed by atoms with Crippen molar-refractivity contribution in [3.05, 3.63) is 82.9 Å². The number of ether oxygens (including phenoxy) is 2. The van der Waals surface area contributed by atoms with Crippen LogP contribution >= 0.6 is 0 Å². The number of anilines is 1. The lowest BCUT2D eigenvalue weighted by atomic mass is 10.1. The smallest absolute Gasteiger partial charge is 0.276 e. The van der Waals surface area contributed by atoms with Crippen LogP contribution in [0.1, 0.15) is 24.3 Å². The van der Waals surface area contributed by atoms with Crippen molar-refractivity contribution in [3.63, 3.8) is 0 Å². The van der Waals surface area contributed by atoms with Gasteiger partial charge in [-0.25, -0.2) is 9.67 Å². The zero-order chi connectivity index (χ0) is 23.4. The molecule has 0 unspecified atom stereocenters. The highest BCUT2D eigenvalue weighted by Crippen LogP contribution is 2.28. The normalized spacial score (nSPS) is 10.9. The Kier molecular flexibility index (Phi) is 6.35. The van der Waals surface area contributed by atoms with E-state index in [0.717, 1.165) is 0 Å². The second-order valence-corrected chi connectivity index (χ2v) is 7.86. The Morgan fingerprint density at radius 2 is 1.70 bits per heavy atom. The van der Waals surface area contributed by atoms with Crippen molar-refractivity contribution in [3.8, 4) is 17.4 Å². The van der Waals surface area contributed by atoms with E-state index < -0.39 is 5.91 Å². The fraction of sp³-hybridized carbons (Fsp3) is 0.200. The summed E-state index contributed by atoms with van der Waals surface area (Å²) >= 11 is 0. The van der Waals surface area contributed by atoms with Gasteiger partial charge in [-0.1, -0.05) is 32.0 Å². The van der Waals surface area contributed by atoms with Gasteiger partial charge in [0.15, 0.2) is 5.69 Å². The fourth-order valence-electron chi connectivity index (χ4n) is 3.38. The number of benzene rings is 2. The van der Waals surface area contributed by atoms with Gasteiger partial charge < -0.3 is 14.8 Å². The van der Waals surface area contributed by atoms with Crippen molar-refractivity contribution in [2.75, 3.05) is 12.4 Å². The van der Waals surface area contributed by atoms with Crippen LogP contribution in [0.4, 0.5) is 5.69 Å². The first-order valence-corrected chi connectivity index (χ1v) is 10.5. The molecule has 33 heavy (non-hydrogen) atoms. The molecule has 0 aliphatic carbocycles. The van der Waals surface area contributed by atoms with E-state index in [4.69, 9.17) is 9.47 Å². The molecule has 0 fully saturated rings. The van der Waals surface area contributed by atoms with Gasteiger partial charge in [-0.15, -0.1) is 0 Å². The molecule has 0 saturated carbocycles. The molecule has 2 aromatic heterocycles. The zero-order valence-electron chi connectivity index (χ0n) is 18.6. The third-order valence-electron chi connectivity index (χ3n) is 4.91. The number of hydrogen-bond acceptors (Lipinski definition) is 6. The van der Waals surface area contributed by atoms with Gasteiger partial charge in [0.1, 0.15) is 17.2 Å². The van der Waals surface area contributed by atoms with E-state index in [9.17, 15) is 9.59 Å². The second-order valence-electron chi connectivity index (χ2n) is 7.86. The molecule has 0 bridgehead atoms. The molecule has 0 atom stereocenters. The third-order valence-corrected chi connectivity index (χ3v) is 4.91. The molecule has 0 saturated heterocycles. The molecule has 4 rings (SSSR count). The van der Waals surface area contributed by atoms with E-state index in [0.29, 0.717) is 34.5 Å². The minimum atomic E-state index is -0.462. The predicted octanol–water partition coefficient (Wildman–Crippen LogP) is 4.50. The van der Waals surface area contributed by atoms with Crippen molar-refractivity contribution in [1.29, 1.82) is 0 Å². The van der Waals surface area contributed by atoms with Crippen LogP contribution in [-0.2, 0) is 6.54 Å². The van der Waals surface area contributed by atoms with Gasteiger partial charge in [-0.2, -0.15) is 5.10 Å². The highest BCUT2D eigenvalue weighted by Gasteiger charge is 2.19. The maximum absolute atomic E-state index is 13.3. The number of hydrogen-bond donors (Lipinski definition) is 1. The summed E-state index contributed by atoms with van der Waals surface area (Å²) in [7, 11) is 1.59. The summed E-state index contributed by atoms with van der Waals surface area (Å²) in [6.07, 6.45) is 1.57. The first-order valence-electron chi connectivity index (χ1n) is 10.5. The van der Waals surface area contributed by atoms with Crippen molar-refractivity contribution in [2.24, 2.45) is 5.92 Å². The van der Waals surface area contributed by atoms with Gasteiger partial charge >= 0.3 is 0 Å². The first kappa shape index (κ1) is 22.0. The van der Waals surface area contributed by atoms with E-state index in [1.54, 1.807) is 74.0 Å². The Labute approximate surface area is 190 Å². The molecule has 0 radical (unpaired) electrons. The summed E-state index contributed by atoms with van der Waals surface area (Å²) in [5.74, 6) is 1.20. The maximum Gasteiger partial charge on any atom is 0.276 e. The number of carbonyl (C=O) groups is 1. The molecule has 168 valence electrons. The summed E-state index contributed by atoms with van der Waals surface area (Å²) in [5, 5.41) is 8.15. The lowest BCUT2D eigenvalue weighted by Crippen LogP contribution is -2.29. The molecule has 0 aliphatic heterocycles. The Balaban J connectivity index is 1.68. The van der Waals surface area contributed by atoms with E-state index in [-0.39, 0.29) is 23.1 Å². The van der Waals surface area contributed by atoms with Crippen LogP contribution in [0.2, 0.25) is 0 Å². The van der Waals surface area contributed by atoms with Crippen LogP contribution in [0.15, 0.2) is 71.7 Å². The van der Waals surface area contributed by atoms with Crippen molar-refractivity contribution >= 4 is 22.4 Å². The van der Waals surface area contributed by atoms with Gasteiger partial charge in [-0.3, -0.25) is 9.59 Å². The van der Waals surface area contributed by atoms with E-state index in [1.165, 1.54) is 4.68 Å². The molecule has 1 amide bonds. The van der Waals surface area contributed by atoms with Gasteiger partial charge in [0.2, 0.25) is 5.88 Å². The van der Waals surface area contributed by atoms with Gasteiger partial charge in [0.05, 0.1) is 12.5 Å². The topological polar surface area (TPSA) is 95.3 Å². The van der Waals surface area contributed by atoms with Crippen molar-refractivity contribution < 1.29 is 14.3 Å². The summed E-state index contributed by atoms with van der Waals surface area (Å²) in [6, 6.07) is 17.4. The highest BCUT2D eigenvalue weighted by molar-refractivity contribution is 6.11. The lowest BCUT2D eigenvalue weighted by molar-refractivity contribution is 0.102. The zero-order valence-corrected chi connectivity index (χ0v) is 18.6. The molecule has 8 nitrogen and oxygen atoms in total. The molecule has 1 N–H and O–H groups in total. The number of nitrogens with zero attached hydrogens (tertiary/aromatic N) is 3. The SMILES string of the molecule is COc1ccc(Oc2ncccc2NC(=O)c2nn(CC(C)C)c(=O)c3ccccc23)cc1. The van der Waals surface area contributed by atoms with Crippen molar-refractivity contribution in [1.82, 2.24) is 14.8 Å². The number of amides is 1. The number of methoxy groups -OCH3 is 1.